The van der Waals surface area contributed by atoms with Crippen molar-refractivity contribution in [3.63, 3.8) is 0 Å². The lowest BCUT2D eigenvalue weighted by Gasteiger charge is -2.13. The molecule has 0 saturated heterocycles. The molecule has 3 aromatic heterocycles. The lowest BCUT2D eigenvalue weighted by atomic mass is 10.0. The van der Waals surface area contributed by atoms with Crippen LogP contribution in [-0.4, -0.2) is 49.6 Å². The normalized spacial score (nSPS) is 18.2. The minimum Gasteiger partial charge on any atom is -0.494 e. The smallest absolute Gasteiger partial charge is 0.259 e. The van der Waals surface area contributed by atoms with Gasteiger partial charge in [-0.1, -0.05) is 34.7 Å². The van der Waals surface area contributed by atoms with Crippen molar-refractivity contribution in [2.24, 2.45) is 0 Å². The number of thioether (sulfide) groups is 1. The first-order chi connectivity index (χ1) is 14.9. The van der Waals surface area contributed by atoms with Gasteiger partial charge in [-0.05, 0) is 38.3 Å². The van der Waals surface area contributed by atoms with Gasteiger partial charge in [0.2, 0.25) is 5.13 Å². The largest absolute Gasteiger partial charge is 0.494 e. The second-order valence-corrected chi connectivity index (χ2v) is 10.0. The first kappa shape index (κ1) is 21.9. The Balaban J connectivity index is 1.57. The molecular formula is C20H20ClN5O3S2. The van der Waals surface area contributed by atoms with Crippen LogP contribution in [0.25, 0.3) is 11.1 Å². The minimum absolute atomic E-state index is 0.240. The fourth-order valence-electron chi connectivity index (χ4n) is 3.39. The number of hydrogen-bond acceptors (Lipinski definition) is 9. The van der Waals surface area contributed by atoms with Crippen LogP contribution in [0.5, 0.6) is 5.75 Å². The Bertz CT molecular complexity index is 1110. The molecule has 1 fully saturated rings. The highest BCUT2D eigenvalue weighted by molar-refractivity contribution is 8.01. The van der Waals surface area contributed by atoms with E-state index >= 15 is 0 Å². The van der Waals surface area contributed by atoms with Gasteiger partial charge in [-0.2, -0.15) is 0 Å². The Hall–Kier alpha value is -2.27. The molecule has 4 rings (SSSR count). The molecule has 1 aliphatic rings. The molecule has 2 atom stereocenters. The number of nitrogens with zero attached hydrogens (tertiary/aromatic N) is 4. The Kier molecular flexibility index (Phi) is 6.71. The fourth-order valence-corrected chi connectivity index (χ4v) is 5.81. The highest BCUT2D eigenvalue weighted by atomic mass is 35.5. The maximum absolute atomic E-state index is 13.1. The Morgan fingerprint density at radius 3 is 2.84 bits per heavy atom. The fraction of sp³-hybridized carbons (Fsp3) is 0.350. The quantitative estimate of drug-likeness (QED) is 0.401. The number of pyridine rings is 2. The van der Waals surface area contributed by atoms with E-state index in [-0.39, 0.29) is 12.0 Å². The first-order valence-electron chi connectivity index (χ1n) is 9.59. The van der Waals surface area contributed by atoms with Gasteiger partial charge >= 0.3 is 0 Å². The average Bonchev–Trinajstić information content (AvgIpc) is 3.36. The molecule has 31 heavy (non-hydrogen) atoms. The molecule has 11 heteroatoms. The zero-order valence-electron chi connectivity index (χ0n) is 16.8. The topological polar surface area (TPSA) is 110 Å². The van der Waals surface area contributed by atoms with Crippen molar-refractivity contribution < 1.29 is 14.6 Å². The predicted octanol–water partition coefficient (Wildman–Crippen LogP) is 4.22. The van der Waals surface area contributed by atoms with E-state index in [9.17, 15) is 9.90 Å². The van der Waals surface area contributed by atoms with E-state index in [2.05, 4.69) is 25.5 Å². The zero-order valence-corrected chi connectivity index (χ0v) is 19.2. The average molecular weight is 478 g/mol. The minimum atomic E-state index is -0.360. The summed E-state index contributed by atoms with van der Waals surface area (Å²) in [5.74, 6) is 0.138. The molecule has 8 nitrogen and oxygen atoms in total. The number of amides is 1. The van der Waals surface area contributed by atoms with Crippen LogP contribution in [0.2, 0.25) is 5.15 Å². The van der Waals surface area contributed by atoms with Gasteiger partial charge in [0.1, 0.15) is 10.9 Å². The maximum atomic E-state index is 13.1. The number of methoxy groups -OCH3 is 1. The summed E-state index contributed by atoms with van der Waals surface area (Å²) >= 11 is 8.99. The van der Waals surface area contributed by atoms with Crippen molar-refractivity contribution in [2.45, 2.75) is 41.9 Å². The van der Waals surface area contributed by atoms with Gasteiger partial charge in [0, 0.05) is 28.3 Å². The van der Waals surface area contributed by atoms with Crippen molar-refractivity contribution in [1.82, 2.24) is 20.2 Å². The highest BCUT2D eigenvalue weighted by Gasteiger charge is 2.25. The van der Waals surface area contributed by atoms with Crippen molar-refractivity contribution in [3.8, 4) is 16.9 Å². The van der Waals surface area contributed by atoms with Crippen LogP contribution in [0.15, 0.2) is 28.9 Å². The van der Waals surface area contributed by atoms with E-state index in [0.29, 0.717) is 38.0 Å². The summed E-state index contributed by atoms with van der Waals surface area (Å²) in [4.78, 5) is 21.4. The van der Waals surface area contributed by atoms with Crippen LogP contribution in [-0.2, 0) is 0 Å². The molecule has 0 aliphatic heterocycles. The van der Waals surface area contributed by atoms with Crippen LogP contribution in [0, 0.1) is 6.92 Å². The Morgan fingerprint density at radius 1 is 1.26 bits per heavy atom. The summed E-state index contributed by atoms with van der Waals surface area (Å²) < 4.78 is 6.17. The third kappa shape index (κ3) is 5.15. The molecule has 3 aromatic rings. The van der Waals surface area contributed by atoms with E-state index in [0.717, 1.165) is 29.3 Å². The number of ether oxygens (including phenoxy) is 1. The molecule has 162 valence electrons. The summed E-state index contributed by atoms with van der Waals surface area (Å²) in [5, 5.41) is 21.8. The molecule has 0 radical (unpaired) electrons. The predicted molar refractivity (Wildman–Crippen MR) is 121 cm³/mol. The number of halogens is 1. The summed E-state index contributed by atoms with van der Waals surface area (Å²) in [6.07, 6.45) is 5.30. The van der Waals surface area contributed by atoms with Gasteiger partial charge in [0.05, 0.1) is 25.0 Å². The molecule has 1 saturated carbocycles. The van der Waals surface area contributed by atoms with Gasteiger partial charge in [-0.3, -0.25) is 15.1 Å². The monoisotopic (exact) mass is 477 g/mol. The van der Waals surface area contributed by atoms with E-state index < -0.39 is 0 Å². The van der Waals surface area contributed by atoms with Gasteiger partial charge in [0.25, 0.3) is 5.91 Å². The number of carbonyl (C=O) groups is 1. The van der Waals surface area contributed by atoms with Crippen LogP contribution >= 0.6 is 34.7 Å². The third-order valence-electron chi connectivity index (χ3n) is 4.88. The molecule has 1 amide bonds. The number of aliphatic hydroxyl groups excluding tert-OH is 1. The standard InChI is InChI=1S/C20H20ClN5O3S2/c1-10-5-13(14-7-17(21)23-9-16(14)29-2)15(8-22-10)18(28)24-19-25-26-20(31-19)30-12-4-3-11(27)6-12/h5,7-9,11-12,27H,3-4,6H2,1-2H3,(H,24,25,28). The molecule has 0 bridgehead atoms. The summed E-state index contributed by atoms with van der Waals surface area (Å²) in [6, 6.07) is 3.46. The van der Waals surface area contributed by atoms with E-state index in [1.54, 1.807) is 23.9 Å². The van der Waals surface area contributed by atoms with Crippen molar-refractivity contribution in [2.75, 3.05) is 12.4 Å². The maximum Gasteiger partial charge on any atom is 0.259 e. The van der Waals surface area contributed by atoms with Crippen LogP contribution < -0.4 is 10.1 Å². The molecule has 0 aromatic carbocycles. The third-order valence-corrected chi connectivity index (χ3v) is 7.30. The van der Waals surface area contributed by atoms with Crippen molar-refractivity contribution in [3.05, 3.63) is 40.9 Å². The van der Waals surface area contributed by atoms with Crippen LogP contribution in [0.1, 0.15) is 35.3 Å². The summed E-state index contributed by atoms with van der Waals surface area (Å²) in [6.45, 7) is 1.84. The Labute approximate surface area is 192 Å². The van der Waals surface area contributed by atoms with Crippen molar-refractivity contribution in [1.29, 1.82) is 0 Å². The zero-order chi connectivity index (χ0) is 22.0. The number of aromatic nitrogens is 4. The summed E-state index contributed by atoms with van der Waals surface area (Å²) in [7, 11) is 1.53. The first-order valence-corrected chi connectivity index (χ1v) is 11.7. The Morgan fingerprint density at radius 2 is 2.10 bits per heavy atom. The van der Waals surface area contributed by atoms with E-state index in [1.807, 2.05) is 6.92 Å². The lowest BCUT2D eigenvalue weighted by molar-refractivity contribution is 0.102. The lowest BCUT2D eigenvalue weighted by Crippen LogP contribution is -2.14. The van der Waals surface area contributed by atoms with Gasteiger partial charge in [0.15, 0.2) is 4.34 Å². The molecule has 0 spiro atoms. The molecule has 2 N–H and O–H groups in total. The van der Waals surface area contributed by atoms with Gasteiger partial charge < -0.3 is 9.84 Å². The number of hydrogen-bond donors (Lipinski definition) is 2. The number of aryl methyl sites for hydroxylation is 1. The molecule has 3 heterocycles. The van der Waals surface area contributed by atoms with Gasteiger partial charge in [-0.15, -0.1) is 10.2 Å². The van der Waals surface area contributed by atoms with E-state index in [4.69, 9.17) is 16.3 Å². The molecular weight excluding hydrogens is 458 g/mol. The van der Waals surface area contributed by atoms with Crippen LogP contribution in [0.4, 0.5) is 5.13 Å². The summed E-state index contributed by atoms with van der Waals surface area (Å²) in [5.41, 5.74) is 2.38. The van der Waals surface area contributed by atoms with Crippen LogP contribution in [0.3, 0.4) is 0 Å². The van der Waals surface area contributed by atoms with E-state index in [1.165, 1.54) is 30.8 Å². The second-order valence-electron chi connectivity index (χ2n) is 7.11. The van der Waals surface area contributed by atoms with Crippen molar-refractivity contribution >= 4 is 45.7 Å². The SMILES string of the molecule is COc1cnc(Cl)cc1-c1cc(C)ncc1C(=O)Nc1nnc(SC2CCC(O)C2)s1. The number of aliphatic hydroxyl groups is 1. The number of rotatable bonds is 6. The molecule has 1 aliphatic carbocycles. The van der Waals surface area contributed by atoms with Gasteiger partial charge in [-0.25, -0.2) is 4.98 Å². The highest BCUT2D eigenvalue weighted by Crippen LogP contribution is 2.38. The number of anilines is 1. The molecule has 2 unspecified atom stereocenters. The second kappa shape index (κ2) is 9.47. The number of carbonyl (C=O) groups excluding carboxylic acids is 1. The number of nitrogens with one attached hydrogen (secondary N) is 1.